The van der Waals surface area contributed by atoms with E-state index in [0.717, 1.165) is 54.0 Å². The molecule has 0 saturated carbocycles. The molecule has 1 aliphatic heterocycles. The highest BCUT2D eigenvalue weighted by atomic mass is 15.2. The molecule has 0 unspecified atom stereocenters. The van der Waals surface area contributed by atoms with Crippen LogP contribution >= 0.6 is 0 Å². The topological polar surface area (TPSA) is 57.7 Å². The second-order valence-corrected chi connectivity index (χ2v) is 6.64. The average Bonchev–Trinajstić information content (AvgIpc) is 2.86. The zero-order valence-corrected chi connectivity index (χ0v) is 14.3. The second kappa shape index (κ2) is 5.85. The highest BCUT2D eigenvalue weighted by Crippen LogP contribution is 2.27. The van der Waals surface area contributed by atoms with E-state index in [9.17, 15) is 0 Å². The van der Waals surface area contributed by atoms with Crippen LogP contribution in [-0.2, 0) is 13.0 Å². The number of benzene rings is 1. The van der Waals surface area contributed by atoms with E-state index < -0.39 is 0 Å². The van der Waals surface area contributed by atoms with Crippen molar-refractivity contribution in [2.24, 2.45) is 0 Å². The number of nitriles is 1. The third-order valence-corrected chi connectivity index (χ3v) is 5.13. The van der Waals surface area contributed by atoms with Crippen molar-refractivity contribution in [3.05, 3.63) is 72.0 Å². The predicted molar refractivity (Wildman–Crippen MR) is 100 cm³/mol. The molecule has 0 spiro atoms. The van der Waals surface area contributed by atoms with E-state index in [1.807, 2.05) is 6.07 Å². The summed E-state index contributed by atoms with van der Waals surface area (Å²) < 4.78 is 2.34. The van der Waals surface area contributed by atoms with Crippen LogP contribution in [0, 0.1) is 11.3 Å². The molecule has 26 heavy (non-hydrogen) atoms. The number of pyridine rings is 1. The van der Waals surface area contributed by atoms with Crippen LogP contribution in [0.15, 0.2) is 60.6 Å². The Kier molecular flexibility index (Phi) is 3.36. The molecule has 3 aromatic rings. The van der Waals surface area contributed by atoms with Crippen molar-refractivity contribution in [1.29, 1.82) is 5.26 Å². The summed E-state index contributed by atoms with van der Waals surface area (Å²) in [6.07, 6.45) is 10.8. The van der Waals surface area contributed by atoms with Crippen LogP contribution < -0.4 is 0 Å². The minimum Gasteiger partial charge on any atom is -0.369 e. The fraction of sp³-hybridized carbons (Fsp3) is 0.190. The van der Waals surface area contributed by atoms with E-state index in [1.54, 1.807) is 12.4 Å². The molecule has 5 heteroatoms. The Morgan fingerprint density at radius 3 is 2.77 bits per heavy atom. The minimum absolute atomic E-state index is 0.576. The lowest BCUT2D eigenvalue weighted by molar-refractivity contribution is 0.359. The summed E-state index contributed by atoms with van der Waals surface area (Å²) in [6.45, 7) is 2.92. The van der Waals surface area contributed by atoms with Crippen LogP contribution in [0.3, 0.4) is 0 Å². The van der Waals surface area contributed by atoms with Crippen molar-refractivity contribution in [3.8, 4) is 17.2 Å². The Balaban J connectivity index is 1.53. The Morgan fingerprint density at radius 2 is 1.96 bits per heavy atom. The quantitative estimate of drug-likeness (QED) is 0.719. The Morgan fingerprint density at radius 1 is 1.04 bits per heavy atom. The van der Waals surface area contributed by atoms with Crippen molar-refractivity contribution in [2.75, 3.05) is 13.1 Å². The number of fused-ring (bicyclic) bond motifs is 3. The predicted octanol–water partition coefficient (Wildman–Crippen LogP) is 3.28. The second-order valence-electron chi connectivity index (χ2n) is 6.64. The third kappa shape index (κ3) is 2.39. The molecule has 2 aliphatic rings. The van der Waals surface area contributed by atoms with Gasteiger partial charge in [0.25, 0.3) is 0 Å². The molecule has 1 aromatic carbocycles. The minimum atomic E-state index is 0.576. The molecule has 0 radical (unpaired) electrons. The Bertz CT molecular complexity index is 1110. The molecule has 0 fully saturated rings. The van der Waals surface area contributed by atoms with Gasteiger partial charge in [0.05, 0.1) is 16.6 Å². The first-order valence-electron chi connectivity index (χ1n) is 8.80. The summed E-state index contributed by atoms with van der Waals surface area (Å²) in [6, 6.07) is 10.3. The van der Waals surface area contributed by atoms with Gasteiger partial charge >= 0.3 is 0 Å². The van der Waals surface area contributed by atoms with Gasteiger partial charge in [0, 0.05) is 49.7 Å². The molecule has 0 bridgehead atoms. The van der Waals surface area contributed by atoms with Crippen LogP contribution in [0.1, 0.15) is 11.4 Å². The lowest BCUT2D eigenvalue weighted by Gasteiger charge is -2.25. The first-order chi connectivity index (χ1) is 12.8. The van der Waals surface area contributed by atoms with Crippen molar-refractivity contribution < 1.29 is 0 Å². The van der Waals surface area contributed by atoms with Gasteiger partial charge in [-0.15, -0.1) is 0 Å². The van der Waals surface area contributed by atoms with E-state index in [-0.39, 0.29) is 0 Å². The molecule has 0 amide bonds. The monoisotopic (exact) mass is 339 g/mol. The molecule has 1 aliphatic carbocycles. The number of rotatable bonds is 2. The fourth-order valence-corrected chi connectivity index (χ4v) is 3.67. The molecule has 5 rings (SSSR count). The van der Waals surface area contributed by atoms with Gasteiger partial charge in [-0.25, -0.2) is 4.98 Å². The van der Waals surface area contributed by atoms with E-state index in [0.29, 0.717) is 5.56 Å². The first kappa shape index (κ1) is 14.9. The highest BCUT2D eigenvalue weighted by Gasteiger charge is 2.19. The SMILES string of the molecule is N#Cc1cncc(-c2ccc3nc4n(c3c2)CCN(C2=CC=C2)CC4)c1. The van der Waals surface area contributed by atoms with Gasteiger partial charge in [-0.2, -0.15) is 5.26 Å². The van der Waals surface area contributed by atoms with Gasteiger partial charge in [0.1, 0.15) is 11.9 Å². The average molecular weight is 339 g/mol. The van der Waals surface area contributed by atoms with Crippen LogP contribution in [0.5, 0.6) is 0 Å². The molecular weight excluding hydrogens is 322 g/mol. The number of hydrogen-bond acceptors (Lipinski definition) is 4. The van der Waals surface area contributed by atoms with Gasteiger partial charge in [-0.1, -0.05) is 12.1 Å². The third-order valence-electron chi connectivity index (χ3n) is 5.13. The molecule has 126 valence electrons. The van der Waals surface area contributed by atoms with Gasteiger partial charge in [0.15, 0.2) is 0 Å². The smallest absolute Gasteiger partial charge is 0.111 e. The maximum absolute atomic E-state index is 9.11. The zero-order valence-electron chi connectivity index (χ0n) is 14.3. The maximum atomic E-state index is 9.11. The van der Waals surface area contributed by atoms with Gasteiger partial charge < -0.3 is 9.47 Å². The van der Waals surface area contributed by atoms with Crippen molar-refractivity contribution in [3.63, 3.8) is 0 Å². The Labute approximate surface area is 151 Å². The van der Waals surface area contributed by atoms with Gasteiger partial charge in [-0.3, -0.25) is 4.98 Å². The first-order valence-corrected chi connectivity index (χ1v) is 8.80. The van der Waals surface area contributed by atoms with Crippen molar-refractivity contribution >= 4 is 11.0 Å². The van der Waals surface area contributed by atoms with E-state index >= 15 is 0 Å². The van der Waals surface area contributed by atoms with Crippen molar-refractivity contribution in [1.82, 2.24) is 19.4 Å². The largest absolute Gasteiger partial charge is 0.369 e. The summed E-state index contributed by atoms with van der Waals surface area (Å²) in [5.74, 6) is 1.15. The number of nitrogens with zero attached hydrogens (tertiary/aromatic N) is 5. The van der Waals surface area contributed by atoms with E-state index in [4.69, 9.17) is 10.2 Å². The summed E-state index contributed by atoms with van der Waals surface area (Å²) in [5.41, 5.74) is 6.11. The summed E-state index contributed by atoms with van der Waals surface area (Å²) in [5, 5.41) is 9.11. The fourth-order valence-electron chi connectivity index (χ4n) is 3.67. The molecule has 3 heterocycles. The zero-order chi connectivity index (χ0) is 17.5. The van der Waals surface area contributed by atoms with E-state index in [2.05, 4.69) is 56.9 Å². The van der Waals surface area contributed by atoms with Crippen LogP contribution in [0.25, 0.3) is 22.2 Å². The molecule has 0 saturated heterocycles. The number of hydrogen-bond donors (Lipinski definition) is 0. The van der Waals surface area contributed by atoms with Crippen LogP contribution in [0.2, 0.25) is 0 Å². The Hall–Kier alpha value is -3.39. The molecule has 0 N–H and O–H groups in total. The normalized spacial score (nSPS) is 15.8. The summed E-state index contributed by atoms with van der Waals surface area (Å²) in [4.78, 5) is 11.5. The van der Waals surface area contributed by atoms with Crippen molar-refractivity contribution in [2.45, 2.75) is 13.0 Å². The van der Waals surface area contributed by atoms with E-state index in [1.165, 1.54) is 5.70 Å². The maximum Gasteiger partial charge on any atom is 0.111 e. The number of imidazole rings is 1. The van der Waals surface area contributed by atoms with Gasteiger partial charge in [0.2, 0.25) is 0 Å². The number of allylic oxidation sites excluding steroid dienone is 3. The standard InChI is InChI=1S/C21H17N5/c22-12-15-10-17(14-23-13-15)16-4-5-19-20(11-16)26-9-8-25(18-2-1-3-18)7-6-21(26)24-19/h1-5,10-11,13-14H,6-9H2. The van der Waals surface area contributed by atoms with Crippen LogP contribution in [-0.4, -0.2) is 32.5 Å². The highest BCUT2D eigenvalue weighted by molar-refractivity contribution is 5.82. The lowest BCUT2D eigenvalue weighted by Crippen LogP contribution is -2.26. The van der Waals surface area contributed by atoms with Gasteiger partial charge in [-0.05, 0) is 35.9 Å². The molecular formula is C21H17N5. The summed E-state index contributed by atoms with van der Waals surface area (Å²) in [7, 11) is 0. The lowest BCUT2D eigenvalue weighted by atomic mass is 10.1. The molecule has 2 aromatic heterocycles. The van der Waals surface area contributed by atoms with Crippen LogP contribution in [0.4, 0.5) is 0 Å². The molecule has 5 nitrogen and oxygen atoms in total. The number of aromatic nitrogens is 3. The summed E-state index contributed by atoms with van der Waals surface area (Å²) >= 11 is 0. The molecule has 0 atom stereocenters.